The molecule has 0 saturated heterocycles. The summed E-state index contributed by atoms with van der Waals surface area (Å²) in [5.74, 6) is 0.433. The van der Waals surface area contributed by atoms with Crippen LogP contribution in [0.15, 0.2) is 64.2 Å². The van der Waals surface area contributed by atoms with Gasteiger partial charge in [-0.25, -0.2) is 0 Å². The van der Waals surface area contributed by atoms with E-state index in [-0.39, 0.29) is 6.04 Å². The zero-order valence-electron chi connectivity index (χ0n) is 14.2. The van der Waals surface area contributed by atoms with Crippen molar-refractivity contribution in [3.63, 3.8) is 0 Å². The monoisotopic (exact) mass is 319 g/mol. The fourth-order valence-corrected chi connectivity index (χ4v) is 2.88. The first-order valence-corrected chi connectivity index (χ1v) is 8.24. The lowest BCUT2D eigenvalue weighted by Gasteiger charge is -2.19. The lowest BCUT2D eigenvalue weighted by atomic mass is 9.94. The normalized spacial score (nSPS) is 12.5. The Kier molecular flexibility index (Phi) is 4.34. The van der Waals surface area contributed by atoms with Crippen LogP contribution in [0.4, 0.5) is 5.69 Å². The number of anilines is 1. The Morgan fingerprint density at radius 1 is 0.750 bits per heavy atom. The van der Waals surface area contributed by atoms with E-state index in [4.69, 9.17) is 0 Å². The van der Waals surface area contributed by atoms with Crippen LogP contribution in [0.2, 0.25) is 0 Å². The number of rotatable bonds is 5. The Labute approximate surface area is 141 Å². The number of nitrogens with one attached hydrogen (secondary N) is 1. The van der Waals surface area contributed by atoms with Crippen molar-refractivity contribution in [2.45, 2.75) is 32.7 Å². The van der Waals surface area contributed by atoms with Gasteiger partial charge in [0.1, 0.15) is 0 Å². The Morgan fingerprint density at radius 3 is 1.96 bits per heavy atom. The van der Waals surface area contributed by atoms with Gasteiger partial charge in [0.2, 0.25) is 10.9 Å². The standard InChI is InChI=1S/C21H21NO2/c1-13(2)15-9-11-17(12-10-15)18-19(21(24)20(18)23)22-14(3)16-7-5-4-6-8-16/h4-14,22H,1-3H3/t14-/m1/s1. The molecule has 1 atom stereocenters. The van der Waals surface area contributed by atoms with Crippen molar-refractivity contribution < 1.29 is 0 Å². The summed E-state index contributed by atoms with van der Waals surface area (Å²) in [5.41, 5.74) is 3.17. The molecule has 0 saturated carbocycles. The van der Waals surface area contributed by atoms with Gasteiger partial charge in [-0.1, -0.05) is 68.4 Å². The van der Waals surface area contributed by atoms with E-state index in [1.54, 1.807) is 0 Å². The first kappa shape index (κ1) is 16.2. The third kappa shape index (κ3) is 2.90. The van der Waals surface area contributed by atoms with Crippen LogP contribution in [0, 0.1) is 0 Å². The average molecular weight is 319 g/mol. The van der Waals surface area contributed by atoms with Crippen LogP contribution in [0.5, 0.6) is 0 Å². The molecule has 0 heterocycles. The molecule has 0 unspecified atom stereocenters. The molecule has 0 aromatic heterocycles. The second-order valence-electron chi connectivity index (χ2n) is 6.46. The molecule has 0 spiro atoms. The molecule has 24 heavy (non-hydrogen) atoms. The van der Waals surface area contributed by atoms with Gasteiger partial charge in [-0.3, -0.25) is 9.59 Å². The maximum absolute atomic E-state index is 12.1. The molecule has 0 aliphatic rings. The van der Waals surface area contributed by atoms with Crippen molar-refractivity contribution in [3.8, 4) is 11.1 Å². The van der Waals surface area contributed by atoms with Crippen LogP contribution in [-0.4, -0.2) is 0 Å². The summed E-state index contributed by atoms with van der Waals surface area (Å²) in [6, 6.07) is 17.7. The molecule has 3 nitrogen and oxygen atoms in total. The molecule has 0 aliphatic carbocycles. The highest BCUT2D eigenvalue weighted by Crippen LogP contribution is 2.28. The van der Waals surface area contributed by atoms with Gasteiger partial charge < -0.3 is 5.32 Å². The SMILES string of the molecule is CC(C)c1ccc(-c2c(N[C@H](C)c3ccccc3)c(=O)c2=O)cc1. The second kappa shape index (κ2) is 6.44. The van der Waals surface area contributed by atoms with Gasteiger partial charge >= 0.3 is 0 Å². The van der Waals surface area contributed by atoms with Crippen molar-refractivity contribution in [2.24, 2.45) is 0 Å². The Morgan fingerprint density at radius 2 is 1.38 bits per heavy atom. The zero-order valence-corrected chi connectivity index (χ0v) is 14.2. The summed E-state index contributed by atoms with van der Waals surface area (Å²) in [5, 5.41) is 3.21. The first-order chi connectivity index (χ1) is 11.5. The first-order valence-electron chi connectivity index (χ1n) is 8.24. The lowest BCUT2D eigenvalue weighted by Crippen LogP contribution is -2.36. The van der Waals surface area contributed by atoms with Crippen LogP contribution in [0.25, 0.3) is 11.1 Å². The minimum absolute atomic E-state index is 0.0387. The van der Waals surface area contributed by atoms with Gasteiger partial charge in [0.15, 0.2) is 0 Å². The largest absolute Gasteiger partial charge is 0.375 e. The van der Waals surface area contributed by atoms with E-state index in [2.05, 4.69) is 19.2 Å². The summed E-state index contributed by atoms with van der Waals surface area (Å²) in [6.45, 7) is 6.24. The smallest absolute Gasteiger partial charge is 0.250 e. The molecule has 3 aromatic carbocycles. The zero-order chi connectivity index (χ0) is 17.3. The maximum Gasteiger partial charge on any atom is 0.250 e. The minimum atomic E-state index is -0.430. The molecule has 3 heteroatoms. The quantitative estimate of drug-likeness (QED) is 0.715. The molecule has 3 rings (SSSR count). The highest BCUT2D eigenvalue weighted by atomic mass is 16.2. The molecule has 0 fully saturated rings. The fraction of sp³-hybridized carbons (Fsp3) is 0.238. The van der Waals surface area contributed by atoms with E-state index in [0.29, 0.717) is 17.2 Å². The van der Waals surface area contributed by atoms with Crippen molar-refractivity contribution in [2.75, 3.05) is 5.32 Å². The molecule has 0 aliphatic heterocycles. The van der Waals surface area contributed by atoms with Gasteiger partial charge in [0.05, 0.1) is 11.3 Å². The molecular formula is C21H21NO2. The predicted octanol–water partition coefficient (Wildman–Crippen LogP) is 4.25. The summed E-state index contributed by atoms with van der Waals surface area (Å²) < 4.78 is 0. The molecule has 1 N–H and O–H groups in total. The van der Waals surface area contributed by atoms with Crippen molar-refractivity contribution in [1.82, 2.24) is 0 Å². The topological polar surface area (TPSA) is 46.2 Å². The van der Waals surface area contributed by atoms with Crippen molar-refractivity contribution in [3.05, 3.63) is 86.2 Å². The van der Waals surface area contributed by atoms with Crippen LogP contribution in [0.3, 0.4) is 0 Å². The van der Waals surface area contributed by atoms with Gasteiger partial charge in [-0.2, -0.15) is 0 Å². The summed E-state index contributed by atoms with van der Waals surface area (Å²) in [4.78, 5) is 24.1. The summed E-state index contributed by atoms with van der Waals surface area (Å²) in [7, 11) is 0. The van der Waals surface area contributed by atoms with Crippen molar-refractivity contribution in [1.29, 1.82) is 0 Å². The molecule has 3 aromatic rings. The number of hydrogen-bond donors (Lipinski definition) is 1. The molecule has 0 bridgehead atoms. The van der Waals surface area contributed by atoms with E-state index in [9.17, 15) is 9.59 Å². The molecule has 0 amide bonds. The van der Waals surface area contributed by atoms with Crippen LogP contribution in [-0.2, 0) is 0 Å². The Balaban J connectivity index is 1.90. The predicted molar refractivity (Wildman–Crippen MR) is 99.4 cm³/mol. The van der Waals surface area contributed by atoms with Crippen LogP contribution < -0.4 is 16.2 Å². The van der Waals surface area contributed by atoms with E-state index in [0.717, 1.165) is 11.1 Å². The van der Waals surface area contributed by atoms with Crippen LogP contribution in [0.1, 0.15) is 43.9 Å². The van der Waals surface area contributed by atoms with Crippen molar-refractivity contribution >= 4 is 5.69 Å². The third-order valence-corrected chi connectivity index (χ3v) is 4.44. The molecule has 122 valence electrons. The Hall–Kier alpha value is -2.68. The summed E-state index contributed by atoms with van der Waals surface area (Å²) in [6.07, 6.45) is 0. The molecular weight excluding hydrogens is 298 g/mol. The average Bonchev–Trinajstić information content (AvgIpc) is 2.61. The van der Waals surface area contributed by atoms with E-state index in [1.807, 2.05) is 61.5 Å². The van der Waals surface area contributed by atoms with Gasteiger partial charge in [0.25, 0.3) is 0 Å². The van der Waals surface area contributed by atoms with E-state index >= 15 is 0 Å². The maximum atomic E-state index is 12.1. The van der Waals surface area contributed by atoms with E-state index < -0.39 is 10.9 Å². The number of hydrogen-bond acceptors (Lipinski definition) is 3. The van der Waals surface area contributed by atoms with Gasteiger partial charge in [0, 0.05) is 6.04 Å². The fourth-order valence-electron chi connectivity index (χ4n) is 2.88. The highest BCUT2D eigenvalue weighted by Gasteiger charge is 2.23. The second-order valence-corrected chi connectivity index (χ2v) is 6.46. The minimum Gasteiger partial charge on any atom is -0.375 e. The Bertz CT molecular complexity index is 901. The van der Waals surface area contributed by atoms with E-state index in [1.165, 1.54) is 5.56 Å². The van der Waals surface area contributed by atoms with Crippen LogP contribution >= 0.6 is 0 Å². The summed E-state index contributed by atoms with van der Waals surface area (Å²) >= 11 is 0. The molecule has 0 radical (unpaired) electrons. The van der Waals surface area contributed by atoms with Gasteiger partial charge in [-0.05, 0) is 29.5 Å². The van der Waals surface area contributed by atoms with Gasteiger partial charge in [-0.15, -0.1) is 0 Å². The highest BCUT2D eigenvalue weighted by molar-refractivity contribution is 5.82. The number of benzene rings is 2. The lowest BCUT2D eigenvalue weighted by molar-refractivity contribution is 0.866. The third-order valence-electron chi connectivity index (χ3n) is 4.44.